The van der Waals surface area contributed by atoms with Crippen LogP contribution < -0.4 is 5.73 Å². The highest BCUT2D eigenvalue weighted by Gasteiger charge is 2.06. The summed E-state index contributed by atoms with van der Waals surface area (Å²) in [5.41, 5.74) is 6.87. The molecule has 2 rings (SSSR count). The van der Waals surface area contributed by atoms with Gasteiger partial charge < -0.3 is 5.73 Å². The molecule has 0 aliphatic carbocycles. The maximum atomic E-state index is 13.2. The predicted octanol–water partition coefficient (Wildman–Crippen LogP) is 3.71. The Morgan fingerprint density at radius 2 is 1.89 bits per heavy atom. The van der Waals surface area contributed by atoms with Gasteiger partial charge in [-0.2, -0.15) is 5.26 Å². The van der Waals surface area contributed by atoms with Crippen molar-refractivity contribution in [2.24, 2.45) is 0 Å². The Bertz CT molecular complexity index is 630. The smallest absolute Gasteiger partial charge is 0.126 e. The lowest BCUT2D eigenvalue weighted by molar-refractivity contribution is 0.624. The van der Waals surface area contributed by atoms with Crippen LogP contribution in [0.25, 0.3) is 0 Å². The summed E-state index contributed by atoms with van der Waals surface area (Å²) in [6.45, 7) is 0. The second kappa shape index (κ2) is 5.72. The van der Waals surface area contributed by atoms with Crippen molar-refractivity contribution in [2.75, 3.05) is 5.73 Å². The first-order chi connectivity index (χ1) is 9.08. The average molecular weight is 276 g/mol. The molecule has 0 unspecified atom stereocenters. The molecule has 0 aliphatic heterocycles. The molecule has 0 radical (unpaired) electrons. The molecule has 0 saturated heterocycles. The van der Waals surface area contributed by atoms with E-state index in [4.69, 9.17) is 11.0 Å². The minimum atomic E-state index is -0.415. The van der Waals surface area contributed by atoms with Gasteiger partial charge in [0.2, 0.25) is 0 Å². The van der Waals surface area contributed by atoms with Gasteiger partial charge in [0.05, 0.1) is 11.6 Å². The molecule has 19 heavy (non-hydrogen) atoms. The molecule has 0 amide bonds. The first-order valence-electron chi connectivity index (χ1n) is 5.46. The Balaban J connectivity index is 2.19. The fourth-order valence-corrected chi connectivity index (χ4v) is 2.60. The van der Waals surface area contributed by atoms with E-state index in [1.54, 1.807) is 6.07 Å². The monoisotopic (exact) mass is 276 g/mol. The lowest BCUT2D eigenvalue weighted by atomic mass is 10.1. The van der Waals surface area contributed by atoms with Gasteiger partial charge in [-0.25, -0.2) is 8.78 Å². The number of nitriles is 1. The third kappa shape index (κ3) is 3.46. The van der Waals surface area contributed by atoms with Crippen LogP contribution in [0.15, 0.2) is 41.3 Å². The van der Waals surface area contributed by atoms with Crippen LogP contribution >= 0.6 is 11.8 Å². The predicted molar refractivity (Wildman–Crippen MR) is 71.5 cm³/mol. The number of nitrogen functional groups attached to an aromatic ring is 1. The van der Waals surface area contributed by atoms with Gasteiger partial charge in [0.25, 0.3) is 0 Å². The zero-order valence-electron chi connectivity index (χ0n) is 9.86. The summed E-state index contributed by atoms with van der Waals surface area (Å²) in [7, 11) is 0. The third-order valence-corrected chi connectivity index (χ3v) is 3.50. The highest BCUT2D eigenvalue weighted by molar-refractivity contribution is 7.98. The van der Waals surface area contributed by atoms with Crippen LogP contribution in [0.4, 0.5) is 14.5 Å². The van der Waals surface area contributed by atoms with E-state index in [0.717, 1.165) is 0 Å². The summed E-state index contributed by atoms with van der Waals surface area (Å²) in [5, 5.41) is 8.93. The number of nitrogens with two attached hydrogens (primary N) is 1. The molecule has 96 valence electrons. The molecule has 2 nitrogen and oxygen atoms in total. The van der Waals surface area contributed by atoms with Crippen molar-refractivity contribution in [1.29, 1.82) is 5.26 Å². The van der Waals surface area contributed by atoms with Gasteiger partial charge in [-0.1, -0.05) is 0 Å². The second-order valence-corrected chi connectivity index (χ2v) is 4.97. The molecule has 0 fully saturated rings. The number of nitrogens with zero attached hydrogens (tertiary/aromatic N) is 1. The van der Waals surface area contributed by atoms with E-state index in [1.165, 1.54) is 42.1 Å². The van der Waals surface area contributed by atoms with Gasteiger partial charge in [0, 0.05) is 16.3 Å². The Hall–Kier alpha value is -2.06. The van der Waals surface area contributed by atoms with Crippen molar-refractivity contribution in [3.05, 3.63) is 59.2 Å². The molecule has 0 aliphatic rings. The van der Waals surface area contributed by atoms with E-state index >= 15 is 0 Å². The number of rotatable bonds is 3. The van der Waals surface area contributed by atoms with Crippen LogP contribution in [0.3, 0.4) is 0 Å². The van der Waals surface area contributed by atoms with Crippen molar-refractivity contribution >= 4 is 17.4 Å². The van der Waals surface area contributed by atoms with Crippen LogP contribution in [0, 0.1) is 23.0 Å². The minimum Gasteiger partial charge on any atom is -0.399 e. The van der Waals surface area contributed by atoms with E-state index in [1.807, 2.05) is 6.07 Å². The topological polar surface area (TPSA) is 49.8 Å². The summed E-state index contributed by atoms with van der Waals surface area (Å²) < 4.78 is 26.3. The van der Waals surface area contributed by atoms with Gasteiger partial charge in [-0.05, 0) is 42.0 Å². The van der Waals surface area contributed by atoms with Crippen LogP contribution in [0.2, 0.25) is 0 Å². The highest BCUT2D eigenvalue weighted by atomic mass is 32.2. The van der Waals surface area contributed by atoms with Crippen molar-refractivity contribution < 1.29 is 8.78 Å². The lowest BCUT2D eigenvalue weighted by Crippen LogP contribution is -1.91. The van der Waals surface area contributed by atoms with Crippen LogP contribution in [0.1, 0.15) is 11.1 Å². The van der Waals surface area contributed by atoms with Crippen molar-refractivity contribution in [1.82, 2.24) is 0 Å². The van der Waals surface area contributed by atoms with Gasteiger partial charge in [-0.3, -0.25) is 0 Å². The molecule has 0 aromatic heterocycles. The van der Waals surface area contributed by atoms with Gasteiger partial charge >= 0.3 is 0 Å². The van der Waals surface area contributed by atoms with Crippen molar-refractivity contribution in [3.8, 4) is 6.07 Å². The maximum absolute atomic E-state index is 13.2. The summed E-state index contributed by atoms with van der Waals surface area (Å²) in [5.74, 6) is -0.431. The molecule has 5 heteroatoms. The van der Waals surface area contributed by atoms with E-state index in [0.29, 0.717) is 27.5 Å². The van der Waals surface area contributed by atoms with Gasteiger partial charge in [-0.15, -0.1) is 11.8 Å². The highest BCUT2D eigenvalue weighted by Crippen LogP contribution is 2.27. The van der Waals surface area contributed by atoms with E-state index < -0.39 is 11.6 Å². The lowest BCUT2D eigenvalue weighted by Gasteiger charge is -2.05. The normalized spacial score (nSPS) is 10.2. The SMILES string of the molecule is N#Cc1ccc(F)cc1CSc1cc(N)cc(F)c1. The van der Waals surface area contributed by atoms with E-state index in [9.17, 15) is 8.78 Å². The quantitative estimate of drug-likeness (QED) is 0.686. The summed E-state index contributed by atoms with van der Waals surface area (Å²) in [6, 6.07) is 10.2. The molecular formula is C14H10F2N2S. The van der Waals surface area contributed by atoms with E-state index in [-0.39, 0.29) is 0 Å². The third-order valence-electron chi connectivity index (χ3n) is 2.48. The Kier molecular flexibility index (Phi) is 4.03. The summed E-state index contributed by atoms with van der Waals surface area (Å²) >= 11 is 1.30. The number of benzene rings is 2. The van der Waals surface area contributed by atoms with E-state index in [2.05, 4.69) is 0 Å². The largest absolute Gasteiger partial charge is 0.399 e. The summed E-state index contributed by atoms with van der Waals surface area (Å²) in [6.07, 6.45) is 0. The molecule has 0 bridgehead atoms. The molecule has 0 saturated carbocycles. The molecule has 2 aromatic carbocycles. The zero-order valence-corrected chi connectivity index (χ0v) is 10.7. The van der Waals surface area contributed by atoms with Gasteiger partial charge in [0.15, 0.2) is 0 Å². The Labute approximate surface area is 113 Å². The molecule has 0 heterocycles. The minimum absolute atomic E-state index is 0.335. The van der Waals surface area contributed by atoms with Crippen LogP contribution in [0.5, 0.6) is 0 Å². The standard InChI is InChI=1S/C14H10F2N2S/c15-11-2-1-9(7-17)10(3-11)8-19-14-5-12(16)4-13(18)6-14/h1-6H,8,18H2. The van der Waals surface area contributed by atoms with Gasteiger partial charge in [0.1, 0.15) is 11.6 Å². The van der Waals surface area contributed by atoms with Crippen molar-refractivity contribution in [3.63, 3.8) is 0 Å². The number of thioether (sulfide) groups is 1. The molecule has 2 N–H and O–H groups in total. The number of anilines is 1. The van der Waals surface area contributed by atoms with Crippen LogP contribution in [-0.4, -0.2) is 0 Å². The van der Waals surface area contributed by atoms with Crippen molar-refractivity contribution in [2.45, 2.75) is 10.6 Å². The Morgan fingerprint density at radius 3 is 2.58 bits per heavy atom. The maximum Gasteiger partial charge on any atom is 0.126 e. The molecule has 2 aromatic rings. The molecule has 0 atom stereocenters. The second-order valence-electron chi connectivity index (χ2n) is 3.92. The Morgan fingerprint density at radius 1 is 1.11 bits per heavy atom. The van der Waals surface area contributed by atoms with Crippen LogP contribution in [-0.2, 0) is 5.75 Å². The number of hydrogen-bond donors (Lipinski definition) is 1. The molecular weight excluding hydrogens is 266 g/mol. The number of halogens is 2. The average Bonchev–Trinajstić information content (AvgIpc) is 2.35. The number of hydrogen-bond acceptors (Lipinski definition) is 3. The fourth-order valence-electron chi connectivity index (χ4n) is 1.62. The summed E-state index contributed by atoms with van der Waals surface area (Å²) in [4.78, 5) is 0.644. The first-order valence-corrected chi connectivity index (χ1v) is 6.44. The first kappa shape index (κ1) is 13.4. The molecule has 0 spiro atoms. The zero-order chi connectivity index (χ0) is 13.8. The fraction of sp³-hybridized carbons (Fsp3) is 0.0714.